The average Bonchev–Trinajstić information content (AvgIpc) is 2.56. The maximum atomic E-state index is 12.3. The number of benzene rings is 1. The van der Waals surface area contributed by atoms with Gasteiger partial charge in [0, 0.05) is 28.5 Å². The summed E-state index contributed by atoms with van der Waals surface area (Å²) in [5, 5.41) is 5.41. The molecule has 2 amide bonds. The molecule has 0 aliphatic rings. The van der Waals surface area contributed by atoms with Crippen molar-refractivity contribution in [3.05, 3.63) is 70.5 Å². The molecule has 1 aromatic carbocycles. The Kier molecular flexibility index (Phi) is 5.65. The van der Waals surface area contributed by atoms with Crippen molar-refractivity contribution < 1.29 is 9.59 Å². The van der Waals surface area contributed by atoms with Gasteiger partial charge in [-0.05, 0) is 36.8 Å². The Labute approximate surface area is 142 Å². The maximum Gasteiger partial charge on any atom is 0.270 e. The first-order chi connectivity index (χ1) is 11.0. The molecule has 0 spiro atoms. The lowest BCUT2D eigenvalue weighted by Crippen LogP contribution is -2.24. The van der Waals surface area contributed by atoms with Gasteiger partial charge in [0.25, 0.3) is 11.8 Å². The van der Waals surface area contributed by atoms with Crippen molar-refractivity contribution in [2.45, 2.75) is 6.92 Å². The molecule has 5 nitrogen and oxygen atoms in total. The number of amides is 2. The topological polar surface area (TPSA) is 71.1 Å². The van der Waals surface area contributed by atoms with Crippen LogP contribution in [0.25, 0.3) is 0 Å². The largest absolute Gasteiger partial charge is 0.347 e. The number of rotatable bonds is 5. The number of hydrogen-bond acceptors (Lipinski definition) is 3. The van der Waals surface area contributed by atoms with Crippen LogP contribution in [-0.4, -0.2) is 23.3 Å². The second-order valence-electron chi connectivity index (χ2n) is 4.85. The lowest BCUT2D eigenvalue weighted by molar-refractivity contribution is 0.0953. The molecular weight excluding hydrogens is 358 g/mol. The fourth-order valence-corrected chi connectivity index (χ4v) is 2.20. The molecule has 1 aromatic heterocycles. The number of nitrogens with one attached hydrogen (secondary N) is 2. The predicted molar refractivity (Wildman–Crippen MR) is 93.6 cm³/mol. The molecule has 2 N–H and O–H groups in total. The summed E-state index contributed by atoms with van der Waals surface area (Å²) < 4.78 is 0.912. The van der Waals surface area contributed by atoms with Crippen LogP contribution < -0.4 is 10.6 Å². The standard InChI is InChI=1S/C17H16BrN3O2/c1-3-7-20-17(23)15-9-12(6-8-19-15)16(22)21-13-5-4-11(2)14(18)10-13/h3-6,8-10H,1,7H2,2H3,(H,20,23)(H,21,22). The van der Waals surface area contributed by atoms with Crippen LogP contribution in [0.4, 0.5) is 5.69 Å². The van der Waals surface area contributed by atoms with Crippen molar-refractivity contribution in [2.24, 2.45) is 0 Å². The third-order valence-electron chi connectivity index (χ3n) is 3.09. The van der Waals surface area contributed by atoms with E-state index in [1.165, 1.54) is 12.3 Å². The highest BCUT2D eigenvalue weighted by molar-refractivity contribution is 9.10. The molecule has 118 valence electrons. The Morgan fingerprint density at radius 2 is 2.04 bits per heavy atom. The van der Waals surface area contributed by atoms with Crippen molar-refractivity contribution in [2.75, 3.05) is 11.9 Å². The van der Waals surface area contributed by atoms with Crippen LogP contribution in [0.5, 0.6) is 0 Å². The summed E-state index contributed by atoms with van der Waals surface area (Å²) in [5.41, 5.74) is 2.29. The third kappa shape index (κ3) is 4.50. The lowest BCUT2D eigenvalue weighted by Gasteiger charge is -2.08. The first-order valence-corrected chi connectivity index (χ1v) is 7.73. The van der Waals surface area contributed by atoms with Crippen LogP contribution >= 0.6 is 15.9 Å². The molecule has 2 aromatic rings. The fourth-order valence-electron chi connectivity index (χ4n) is 1.83. The summed E-state index contributed by atoms with van der Waals surface area (Å²) in [6, 6.07) is 8.56. The van der Waals surface area contributed by atoms with Gasteiger partial charge in [-0.15, -0.1) is 6.58 Å². The Morgan fingerprint density at radius 3 is 2.74 bits per heavy atom. The van der Waals surface area contributed by atoms with Gasteiger partial charge in [-0.25, -0.2) is 0 Å². The molecule has 0 atom stereocenters. The molecule has 0 aliphatic heterocycles. The molecule has 2 rings (SSSR count). The predicted octanol–water partition coefficient (Wildman–Crippen LogP) is 3.32. The van der Waals surface area contributed by atoms with Crippen molar-refractivity contribution >= 4 is 33.4 Å². The fraction of sp³-hybridized carbons (Fsp3) is 0.118. The molecule has 0 fully saturated rings. The summed E-state index contributed by atoms with van der Waals surface area (Å²) in [4.78, 5) is 28.1. The number of aromatic nitrogens is 1. The highest BCUT2D eigenvalue weighted by Crippen LogP contribution is 2.21. The number of aryl methyl sites for hydroxylation is 1. The molecular formula is C17H16BrN3O2. The van der Waals surface area contributed by atoms with E-state index in [1.807, 2.05) is 25.1 Å². The number of carbonyl (C=O) groups excluding carboxylic acids is 2. The lowest BCUT2D eigenvalue weighted by atomic mass is 10.2. The first-order valence-electron chi connectivity index (χ1n) is 6.94. The summed E-state index contributed by atoms with van der Waals surface area (Å²) in [7, 11) is 0. The van der Waals surface area contributed by atoms with Crippen LogP contribution in [0, 0.1) is 6.92 Å². The zero-order chi connectivity index (χ0) is 16.8. The van der Waals surface area contributed by atoms with E-state index in [0.717, 1.165) is 10.0 Å². The Morgan fingerprint density at radius 1 is 1.26 bits per heavy atom. The van der Waals surface area contributed by atoms with Gasteiger partial charge in [0.2, 0.25) is 0 Å². The van der Waals surface area contributed by atoms with E-state index in [-0.39, 0.29) is 17.5 Å². The monoisotopic (exact) mass is 373 g/mol. The summed E-state index contributed by atoms with van der Waals surface area (Å²) in [6.45, 7) is 5.84. The molecule has 1 heterocycles. The molecule has 0 saturated carbocycles. The Balaban J connectivity index is 2.14. The van der Waals surface area contributed by atoms with Gasteiger partial charge in [0.15, 0.2) is 0 Å². The number of carbonyl (C=O) groups is 2. The minimum Gasteiger partial charge on any atom is -0.347 e. The zero-order valence-electron chi connectivity index (χ0n) is 12.6. The van der Waals surface area contributed by atoms with Crippen LogP contribution in [0.1, 0.15) is 26.4 Å². The first kappa shape index (κ1) is 16.9. The number of halogens is 1. The maximum absolute atomic E-state index is 12.3. The van der Waals surface area contributed by atoms with E-state index in [0.29, 0.717) is 17.8 Å². The Hall–Kier alpha value is -2.47. The number of nitrogens with zero attached hydrogens (tertiary/aromatic N) is 1. The number of hydrogen-bond donors (Lipinski definition) is 2. The van der Waals surface area contributed by atoms with Crippen LogP contribution in [0.2, 0.25) is 0 Å². The summed E-state index contributed by atoms with van der Waals surface area (Å²) in [5.74, 6) is -0.654. The summed E-state index contributed by atoms with van der Waals surface area (Å²) >= 11 is 3.42. The van der Waals surface area contributed by atoms with E-state index in [1.54, 1.807) is 12.1 Å². The second-order valence-corrected chi connectivity index (χ2v) is 5.70. The van der Waals surface area contributed by atoms with Gasteiger partial charge >= 0.3 is 0 Å². The molecule has 6 heteroatoms. The van der Waals surface area contributed by atoms with Gasteiger partial charge in [0.1, 0.15) is 5.69 Å². The van der Waals surface area contributed by atoms with Gasteiger partial charge in [-0.3, -0.25) is 14.6 Å². The van der Waals surface area contributed by atoms with Crippen molar-refractivity contribution in [1.29, 1.82) is 0 Å². The molecule has 0 radical (unpaired) electrons. The minimum atomic E-state index is -0.349. The molecule has 23 heavy (non-hydrogen) atoms. The van der Waals surface area contributed by atoms with Gasteiger partial charge in [-0.1, -0.05) is 28.1 Å². The number of pyridine rings is 1. The molecule has 0 saturated heterocycles. The van der Waals surface area contributed by atoms with Crippen molar-refractivity contribution in [3.8, 4) is 0 Å². The van der Waals surface area contributed by atoms with E-state index in [2.05, 4.69) is 38.1 Å². The molecule has 0 bridgehead atoms. The van der Waals surface area contributed by atoms with Crippen LogP contribution in [0.15, 0.2) is 53.7 Å². The van der Waals surface area contributed by atoms with Gasteiger partial charge in [0.05, 0.1) is 0 Å². The Bertz CT molecular complexity index is 759. The van der Waals surface area contributed by atoms with Crippen molar-refractivity contribution in [1.82, 2.24) is 10.3 Å². The van der Waals surface area contributed by atoms with E-state index in [4.69, 9.17) is 0 Å². The zero-order valence-corrected chi connectivity index (χ0v) is 14.2. The second kappa shape index (κ2) is 7.69. The SMILES string of the molecule is C=CCNC(=O)c1cc(C(=O)Nc2ccc(C)c(Br)c2)ccn1. The molecule has 0 unspecified atom stereocenters. The smallest absolute Gasteiger partial charge is 0.270 e. The van der Waals surface area contributed by atoms with Crippen LogP contribution in [0.3, 0.4) is 0 Å². The van der Waals surface area contributed by atoms with Crippen molar-refractivity contribution in [3.63, 3.8) is 0 Å². The van der Waals surface area contributed by atoms with Crippen LogP contribution in [-0.2, 0) is 0 Å². The van der Waals surface area contributed by atoms with E-state index < -0.39 is 0 Å². The summed E-state index contributed by atoms with van der Waals surface area (Å²) in [6.07, 6.45) is 3.01. The van der Waals surface area contributed by atoms with Gasteiger partial charge in [-0.2, -0.15) is 0 Å². The van der Waals surface area contributed by atoms with E-state index in [9.17, 15) is 9.59 Å². The third-order valence-corrected chi connectivity index (χ3v) is 3.95. The average molecular weight is 374 g/mol. The normalized spacial score (nSPS) is 10.0. The van der Waals surface area contributed by atoms with Gasteiger partial charge < -0.3 is 10.6 Å². The highest BCUT2D eigenvalue weighted by Gasteiger charge is 2.12. The number of anilines is 1. The molecule has 0 aliphatic carbocycles. The minimum absolute atomic E-state index is 0.185. The highest BCUT2D eigenvalue weighted by atomic mass is 79.9. The quantitative estimate of drug-likeness (QED) is 0.789. The van der Waals surface area contributed by atoms with E-state index >= 15 is 0 Å².